The SMILES string of the molecule is Oc1cc(-c2[c]ccc(Cl)c2)ncn1. The smallest absolute Gasteiger partial charge is 0.214 e. The van der Waals surface area contributed by atoms with Crippen LogP contribution in [0.15, 0.2) is 30.6 Å². The normalized spacial score (nSPS) is 10.1. The summed E-state index contributed by atoms with van der Waals surface area (Å²) in [6.45, 7) is 0. The second kappa shape index (κ2) is 3.64. The van der Waals surface area contributed by atoms with Crippen molar-refractivity contribution in [3.8, 4) is 17.1 Å². The molecule has 3 nitrogen and oxygen atoms in total. The Labute approximate surface area is 86.0 Å². The zero-order valence-electron chi connectivity index (χ0n) is 7.11. The van der Waals surface area contributed by atoms with E-state index >= 15 is 0 Å². The molecule has 0 spiro atoms. The van der Waals surface area contributed by atoms with E-state index in [9.17, 15) is 0 Å². The minimum absolute atomic E-state index is 0.0663. The van der Waals surface area contributed by atoms with E-state index in [4.69, 9.17) is 16.7 Å². The Morgan fingerprint density at radius 1 is 1.29 bits per heavy atom. The van der Waals surface area contributed by atoms with Crippen LogP contribution in [-0.4, -0.2) is 15.1 Å². The molecule has 2 aromatic rings. The lowest BCUT2D eigenvalue weighted by molar-refractivity contribution is 0.452. The maximum atomic E-state index is 9.15. The van der Waals surface area contributed by atoms with Gasteiger partial charge in [-0.3, -0.25) is 0 Å². The summed E-state index contributed by atoms with van der Waals surface area (Å²) in [6.07, 6.45) is 1.29. The van der Waals surface area contributed by atoms with Crippen LogP contribution < -0.4 is 0 Å². The van der Waals surface area contributed by atoms with E-state index in [0.29, 0.717) is 10.7 Å². The van der Waals surface area contributed by atoms with Gasteiger partial charge in [-0.2, -0.15) is 0 Å². The lowest BCUT2D eigenvalue weighted by Gasteiger charge is -1.99. The van der Waals surface area contributed by atoms with Crippen molar-refractivity contribution >= 4 is 11.6 Å². The highest BCUT2D eigenvalue weighted by atomic mass is 35.5. The third-order valence-electron chi connectivity index (χ3n) is 1.69. The molecule has 1 radical (unpaired) electrons. The fourth-order valence-electron chi connectivity index (χ4n) is 1.08. The summed E-state index contributed by atoms with van der Waals surface area (Å²) in [5.74, 6) is -0.0663. The van der Waals surface area contributed by atoms with Gasteiger partial charge >= 0.3 is 0 Å². The molecule has 0 atom stereocenters. The second-order valence-electron chi connectivity index (χ2n) is 2.68. The van der Waals surface area contributed by atoms with E-state index < -0.39 is 0 Å². The Hall–Kier alpha value is -1.61. The van der Waals surface area contributed by atoms with Crippen molar-refractivity contribution < 1.29 is 5.11 Å². The Kier molecular flexibility index (Phi) is 2.33. The average molecular weight is 206 g/mol. The Morgan fingerprint density at radius 2 is 2.14 bits per heavy atom. The summed E-state index contributed by atoms with van der Waals surface area (Å²) in [5, 5.41) is 9.75. The zero-order chi connectivity index (χ0) is 9.97. The van der Waals surface area contributed by atoms with Crippen LogP contribution in [0.2, 0.25) is 5.02 Å². The Morgan fingerprint density at radius 3 is 2.86 bits per heavy atom. The summed E-state index contributed by atoms with van der Waals surface area (Å²) in [7, 11) is 0. The first kappa shape index (κ1) is 8.97. The van der Waals surface area contributed by atoms with E-state index in [1.165, 1.54) is 12.4 Å². The maximum Gasteiger partial charge on any atom is 0.214 e. The van der Waals surface area contributed by atoms with E-state index in [-0.39, 0.29) is 5.88 Å². The third kappa shape index (κ3) is 1.83. The zero-order valence-corrected chi connectivity index (χ0v) is 7.86. The number of hydrogen-bond donors (Lipinski definition) is 1. The first-order valence-electron chi connectivity index (χ1n) is 3.94. The van der Waals surface area contributed by atoms with Gasteiger partial charge in [-0.15, -0.1) is 0 Å². The summed E-state index contributed by atoms with van der Waals surface area (Å²) < 4.78 is 0. The van der Waals surface area contributed by atoms with Gasteiger partial charge in [0.25, 0.3) is 0 Å². The molecule has 1 aromatic heterocycles. The standard InChI is InChI=1S/C10H6ClN2O/c11-8-3-1-2-7(4-8)9-5-10(14)13-6-12-9/h1,3-6H,(H,12,13,14). The van der Waals surface area contributed by atoms with E-state index in [2.05, 4.69) is 16.0 Å². The molecule has 0 aliphatic rings. The van der Waals surface area contributed by atoms with Crippen LogP contribution >= 0.6 is 11.6 Å². The van der Waals surface area contributed by atoms with Crippen molar-refractivity contribution in [1.82, 2.24) is 9.97 Å². The fraction of sp³-hybridized carbons (Fsp3) is 0. The monoisotopic (exact) mass is 205 g/mol. The van der Waals surface area contributed by atoms with Gasteiger partial charge < -0.3 is 5.11 Å². The molecule has 0 bridgehead atoms. The number of rotatable bonds is 1. The van der Waals surface area contributed by atoms with Gasteiger partial charge in [0.15, 0.2) is 0 Å². The molecule has 1 N–H and O–H groups in total. The largest absolute Gasteiger partial charge is 0.493 e. The Bertz CT molecular complexity index is 416. The van der Waals surface area contributed by atoms with E-state index in [0.717, 1.165) is 5.56 Å². The van der Waals surface area contributed by atoms with Crippen molar-refractivity contribution in [2.45, 2.75) is 0 Å². The quantitative estimate of drug-likeness (QED) is 0.777. The van der Waals surface area contributed by atoms with Gasteiger partial charge in [-0.05, 0) is 18.2 Å². The maximum absolute atomic E-state index is 9.15. The van der Waals surface area contributed by atoms with Crippen molar-refractivity contribution in [2.75, 3.05) is 0 Å². The van der Waals surface area contributed by atoms with E-state index in [1.807, 2.05) is 0 Å². The molecule has 0 fully saturated rings. The van der Waals surface area contributed by atoms with Gasteiger partial charge in [-0.1, -0.05) is 17.7 Å². The summed E-state index contributed by atoms with van der Waals surface area (Å²) in [4.78, 5) is 7.58. The van der Waals surface area contributed by atoms with Crippen LogP contribution in [0, 0.1) is 6.07 Å². The van der Waals surface area contributed by atoms with Gasteiger partial charge in [0, 0.05) is 16.7 Å². The number of aromatic hydroxyl groups is 1. The van der Waals surface area contributed by atoms with Crippen LogP contribution in [0.4, 0.5) is 0 Å². The minimum Gasteiger partial charge on any atom is -0.493 e. The molecule has 0 aliphatic carbocycles. The van der Waals surface area contributed by atoms with Crippen LogP contribution in [-0.2, 0) is 0 Å². The topological polar surface area (TPSA) is 46.0 Å². The van der Waals surface area contributed by atoms with Crippen LogP contribution in [0.25, 0.3) is 11.3 Å². The molecule has 1 heterocycles. The number of halogens is 1. The van der Waals surface area contributed by atoms with Gasteiger partial charge in [0.05, 0.1) is 5.69 Å². The molecule has 2 rings (SSSR count). The lowest BCUT2D eigenvalue weighted by atomic mass is 10.1. The first-order chi connectivity index (χ1) is 6.75. The molecular formula is C10H6ClN2O. The molecule has 4 heteroatoms. The molecule has 1 aromatic carbocycles. The van der Waals surface area contributed by atoms with E-state index in [1.54, 1.807) is 18.2 Å². The number of nitrogens with zero attached hydrogens (tertiary/aromatic N) is 2. The molecule has 0 unspecified atom stereocenters. The molecular weight excluding hydrogens is 200 g/mol. The molecule has 0 saturated heterocycles. The molecule has 0 amide bonds. The lowest BCUT2D eigenvalue weighted by Crippen LogP contribution is -1.84. The number of aromatic nitrogens is 2. The number of benzene rings is 1. The summed E-state index contributed by atoms with van der Waals surface area (Å²) in [5.41, 5.74) is 1.33. The van der Waals surface area contributed by atoms with Gasteiger partial charge in [0.2, 0.25) is 5.88 Å². The molecule has 0 saturated carbocycles. The average Bonchev–Trinajstić information content (AvgIpc) is 2.18. The van der Waals surface area contributed by atoms with Crippen LogP contribution in [0.1, 0.15) is 0 Å². The molecule has 69 valence electrons. The van der Waals surface area contributed by atoms with Gasteiger partial charge in [0.1, 0.15) is 6.33 Å². The summed E-state index contributed by atoms with van der Waals surface area (Å²) in [6, 6.07) is 9.59. The predicted molar refractivity (Wildman–Crippen MR) is 53.0 cm³/mol. The van der Waals surface area contributed by atoms with Crippen molar-refractivity contribution in [1.29, 1.82) is 0 Å². The highest BCUT2D eigenvalue weighted by Crippen LogP contribution is 2.21. The predicted octanol–water partition coefficient (Wildman–Crippen LogP) is 2.30. The second-order valence-corrected chi connectivity index (χ2v) is 3.12. The molecule has 14 heavy (non-hydrogen) atoms. The highest BCUT2D eigenvalue weighted by molar-refractivity contribution is 6.30. The highest BCUT2D eigenvalue weighted by Gasteiger charge is 2.01. The molecule has 0 aliphatic heterocycles. The fourth-order valence-corrected chi connectivity index (χ4v) is 1.25. The van der Waals surface area contributed by atoms with Crippen molar-refractivity contribution in [2.24, 2.45) is 0 Å². The van der Waals surface area contributed by atoms with Crippen LogP contribution in [0.3, 0.4) is 0 Å². The first-order valence-corrected chi connectivity index (χ1v) is 4.32. The van der Waals surface area contributed by atoms with Crippen molar-refractivity contribution in [3.63, 3.8) is 0 Å². The number of hydrogen-bond acceptors (Lipinski definition) is 3. The minimum atomic E-state index is -0.0663. The van der Waals surface area contributed by atoms with Gasteiger partial charge in [-0.25, -0.2) is 9.97 Å². The third-order valence-corrected chi connectivity index (χ3v) is 1.93. The Balaban J connectivity index is 2.49. The summed E-state index contributed by atoms with van der Waals surface area (Å²) >= 11 is 5.81. The van der Waals surface area contributed by atoms with Crippen LogP contribution in [0.5, 0.6) is 5.88 Å². The van der Waals surface area contributed by atoms with Crippen molar-refractivity contribution in [3.05, 3.63) is 41.7 Å².